The number of benzene rings is 1. The Bertz CT molecular complexity index is 337. The number of ether oxygens (including phenoxy) is 1. The minimum absolute atomic E-state index is 0.706. The smallest absolute Gasteiger partial charge is 0.0560 e. The van der Waals surface area contributed by atoms with Crippen LogP contribution in [-0.2, 0) is 11.3 Å². The Balaban J connectivity index is 2.15. The summed E-state index contributed by atoms with van der Waals surface area (Å²) < 4.78 is 5.56. The fourth-order valence-electron chi connectivity index (χ4n) is 1.78. The molecule has 114 valence electrons. The van der Waals surface area contributed by atoms with E-state index >= 15 is 0 Å². The number of thioether (sulfide) groups is 1. The van der Waals surface area contributed by atoms with Crippen LogP contribution in [-0.4, -0.2) is 25.5 Å². The van der Waals surface area contributed by atoms with E-state index in [2.05, 4.69) is 50.4 Å². The van der Waals surface area contributed by atoms with Crippen LogP contribution in [0.3, 0.4) is 0 Å². The van der Waals surface area contributed by atoms with Gasteiger partial charge in [-0.15, -0.1) is 11.8 Å². The molecule has 0 saturated carbocycles. The molecule has 0 saturated heterocycles. The third-order valence-electron chi connectivity index (χ3n) is 2.94. The molecule has 2 nitrogen and oxygen atoms in total. The second kappa shape index (κ2) is 11.2. The summed E-state index contributed by atoms with van der Waals surface area (Å²) in [6.07, 6.45) is 2.38. The van der Waals surface area contributed by atoms with E-state index < -0.39 is 0 Å². The summed E-state index contributed by atoms with van der Waals surface area (Å²) in [6, 6.07) is 8.85. The third-order valence-corrected chi connectivity index (χ3v) is 3.92. The second-order valence-corrected chi connectivity index (χ2v) is 6.65. The van der Waals surface area contributed by atoms with E-state index in [1.54, 1.807) is 0 Å². The first kappa shape index (κ1) is 17.5. The number of nitrogens with one attached hydrogen (secondary N) is 1. The average molecular weight is 295 g/mol. The molecule has 0 fully saturated rings. The van der Waals surface area contributed by atoms with Crippen molar-refractivity contribution in [2.24, 2.45) is 5.92 Å². The first-order valence-electron chi connectivity index (χ1n) is 7.72. The molecule has 0 spiro atoms. The highest BCUT2D eigenvalue weighted by Crippen LogP contribution is 2.18. The van der Waals surface area contributed by atoms with Gasteiger partial charge in [-0.05, 0) is 36.6 Å². The SMILES string of the molecule is CCCCOCCSc1ccc(CNCC(C)C)cc1. The van der Waals surface area contributed by atoms with E-state index in [0.717, 1.165) is 32.1 Å². The minimum atomic E-state index is 0.706. The normalized spacial score (nSPS) is 11.2. The Kier molecular flexibility index (Phi) is 9.81. The summed E-state index contributed by atoms with van der Waals surface area (Å²) >= 11 is 1.87. The number of rotatable bonds is 11. The van der Waals surface area contributed by atoms with Crippen molar-refractivity contribution >= 4 is 11.8 Å². The molecule has 0 aliphatic rings. The molecule has 0 unspecified atom stereocenters. The third kappa shape index (κ3) is 8.62. The van der Waals surface area contributed by atoms with Crippen LogP contribution in [0, 0.1) is 5.92 Å². The molecule has 0 aliphatic heterocycles. The molecule has 1 aromatic carbocycles. The van der Waals surface area contributed by atoms with Crippen LogP contribution >= 0.6 is 11.8 Å². The zero-order chi connectivity index (χ0) is 14.6. The molecule has 20 heavy (non-hydrogen) atoms. The summed E-state index contributed by atoms with van der Waals surface area (Å²) in [5, 5.41) is 3.47. The van der Waals surface area contributed by atoms with Crippen molar-refractivity contribution in [1.29, 1.82) is 0 Å². The molecule has 0 atom stereocenters. The van der Waals surface area contributed by atoms with Crippen LogP contribution in [0.5, 0.6) is 0 Å². The van der Waals surface area contributed by atoms with Gasteiger partial charge in [-0.2, -0.15) is 0 Å². The summed E-state index contributed by atoms with van der Waals surface area (Å²) in [5.41, 5.74) is 1.36. The van der Waals surface area contributed by atoms with Crippen LogP contribution in [0.2, 0.25) is 0 Å². The Morgan fingerprint density at radius 3 is 2.55 bits per heavy atom. The maximum absolute atomic E-state index is 5.56. The van der Waals surface area contributed by atoms with Gasteiger partial charge in [0.15, 0.2) is 0 Å². The van der Waals surface area contributed by atoms with Gasteiger partial charge in [-0.1, -0.05) is 39.3 Å². The lowest BCUT2D eigenvalue weighted by molar-refractivity contribution is 0.147. The van der Waals surface area contributed by atoms with Crippen molar-refractivity contribution in [3.8, 4) is 0 Å². The van der Waals surface area contributed by atoms with E-state index in [0.29, 0.717) is 5.92 Å². The van der Waals surface area contributed by atoms with Crippen LogP contribution in [0.1, 0.15) is 39.2 Å². The van der Waals surface area contributed by atoms with E-state index in [-0.39, 0.29) is 0 Å². The zero-order valence-corrected chi connectivity index (χ0v) is 14.0. The fraction of sp³-hybridized carbons (Fsp3) is 0.647. The van der Waals surface area contributed by atoms with Gasteiger partial charge in [-0.25, -0.2) is 0 Å². The van der Waals surface area contributed by atoms with Gasteiger partial charge in [-0.3, -0.25) is 0 Å². The van der Waals surface area contributed by atoms with Gasteiger partial charge >= 0.3 is 0 Å². The zero-order valence-electron chi connectivity index (χ0n) is 13.2. The molecule has 0 aromatic heterocycles. The van der Waals surface area contributed by atoms with Gasteiger partial charge in [0.25, 0.3) is 0 Å². The molecule has 0 bridgehead atoms. The van der Waals surface area contributed by atoms with Crippen LogP contribution in [0.15, 0.2) is 29.2 Å². The van der Waals surface area contributed by atoms with E-state index in [4.69, 9.17) is 4.74 Å². The second-order valence-electron chi connectivity index (χ2n) is 5.48. The predicted octanol–water partition coefficient (Wildman–Crippen LogP) is 4.34. The predicted molar refractivity (Wildman–Crippen MR) is 89.4 cm³/mol. The number of hydrogen-bond donors (Lipinski definition) is 1. The highest BCUT2D eigenvalue weighted by molar-refractivity contribution is 7.99. The van der Waals surface area contributed by atoms with E-state index in [1.165, 1.54) is 23.3 Å². The van der Waals surface area contributed by atoms with Crippen molar-refractivity contribution in [3.63, 3.8) is 0 Å². The van der Waals surface area contributed by atoms with Crippen molar-refractivity contribution < 1.29 is 4.74 Å². The molecule has 0 radical (unpaired) electrons. The van der Waals surface area contributed by atoms with Crippen LogP contribution < -0.4 is 5.32 Å². The summed E-state index contributed by atoms with van der Waals surface area (Å²) in [6.45, 7) is 10.4. The summed E-state index contributed by atoms with van der Waals surface area (Å²) in [7, 11) is 0. The van der Waals surface area contributed by atoms with Gasteiger partial charge in [0, 0.05) is 23.8 Å². The molecule has 1 N–H and O–H groups in total. The van der Waals surface area contributed by atoms with E-state index in [9.17, 15) is 0 Å². The van der Waals surface area contributed by atoms with Crippen molar-refractivity contribution in [2.75, 3.05) is 25.5 Å². The largest absolute Gasteiger partial charge is 0.381 e. The topological polar surface area (TPSA) is 21.3 Å². The lowest BCUT2D eigenvalue weighted by atomic mass is 10.2. The molecule has 0 aliphatic carbocycles. The molecule has 0 amide bonds. The molecule has 0 heterocycles. The van der Waals surface area contributed by atoms with Gasteiger partial charge in [0.1, 0.15) is 0 Å². The Morgan fingerprint density at radius 2 is 1.90 bits per heavy atom. The van der Waals surface area contributed by atoms with Gasteiger partial charge in [0.2, 0.25) is 0 Å². The number of hydrogen-bond acceptors (Lipinski definition) is 3. The fourth-order valence-corrected chi connectivity index (χ4v) is 2.54. The Morgan fingerprint density at radius 1 is 1.15 bits per heavy atom. The van der Waals surface area contributed by atoms with Crippen molar-refractivity contribution in [2.45, 2.75) is 45.1 Å². The Hall–Kier alpha value is -0.510. The Labute approximate surface area is 128 Å². The summed E-state index contributed by atoms with van der Waals surface area (Å²) in [5.74, 6) is 1.74. The van der Waals surface area contributed by atoms with Crippen molar-refractivity contribution in [3.05, 3.63) is 29.8 Å². The minimum Gasteiger partial charge on any atom is -0.381 e. The maximum atomic E-state index is 5.56. The highest BCUT2D eigenvalue weighted by atomic mass is 32.2. The van der Waals surface area contributed by atoms with Gasteiger partial charge < -0.3 is 10.1 Å². The van der Waals surface area contributed by atoms with Crippen LogP contribution in [0.4, 0.5) is 0 Å². The average Bonchev–Trinajstić information content (AvgIpc) is 2.44. The lowest BCUT2D eigenvalue weighted by Crippen LogP contribution is -2.18. The maximum Gasteiger partial charge on any atom is 0.0560 e. The first-order chi connectivity index (χ1) is 9.72. The molecule has 1 aromatic rings. The molecule has 3 heteroatoms. The highest BCUT2D eigenvalue weighted by Gasteiger charge is 1.97. The first-order valence-corrected chi connectivity index (χ1v) is 8.71. The van der Waals surface area contributed by atoms with E-state index in [1.807, 2.05) is 11.8 Å². The lowest BCUT2D eigenvalue weighted by Gasteiger charge is -2.08. The molecular weight excluding hydrogens is 266 g/mol. The van der Waals surface area contributed by atoms with Crippen molar-refractivity contribution in [1.82, 2.24) is 5.32 Å². The standard InChI is InChI=1S/C17H29NOS/c1-4-5-10-19-11-12-20-17-8-6-16(7-9-17)14-18-13-15(2)3/h6-9,15,18H,4-5,10-14H2,1-3H3. The quantitative estimate of drug-likeness (QED) is 0.485. The van der Waals surface area contributed by atoms with Gasteiger partial charge in [0.05, 0.1) is 6.61 Å². The van der Waals surface area contributed by atoms with Crippen LogP contribution in [0.25, 0.3) is 0 Å². The monoisotopic (exact) mass is 295 g/mol. The molecule has 1 rings (SSSR count). The summed E-state index contributed by atoms with van der Waals surface area (Å²) in [4.78, 5) is 1.33. The number of unbranched alkanes of at least 4 members (excludes halogenated alkanes) is 1. The molecular formula is C17H29NOS.